The molecule has 8 heteroatoms. The van der Waals surface area contributed by atoms with Crippen LogP contribution in [-0.2, 0) is 11.3 Å². The Bertz CT molecular complexity index is 1360. The van der Waals surface area contributed by atoms with Gasteiger partial charge in [-0.1, -0.05) is 41.4 Å². The lowest BCUT2D eigenvalue weighted by Gasteiger charge is -2.32. The van der Waals surface area contributed by atoms with Crippen molar-refractivity contribution in [1.29, 1.82) is 0 Å². The molecule has 2 aromatic carbocycles. The second-order valence-corrected chi connectivity index (χ2v) is 9.73. The summed E-state index contributed by atoms with van der Waals surface area (Å²) in [6.45, 7) is 8.01. The van der Waals surface area contributed by atoms with Gasteiger partial charge in [-0.25, -0.2) is 4.68 Å². The summed E-state index contributed by atoms with van der Waals surface area (Å²) in [6, 6.07) is 15.9. The first-order chi connectivity index (χ1) is 16.9. The lowest BCUT2D eigenvalue weighted by atomic mass is 9.97. The van der Waals surface area contributed by atoms with Crippen LogP contribution in [0.25, 0.3) is 16.6 Å². The highest BCUT2D eigenvalue weighted by Crippen LogP contribution is 2.31. The molecular weight excluding hydrogens is 460 g/mol. The minimum atomic E-state index is -0.105. The molecule has 4 aromatic rings. The fraction of sp³-hybridized carbons (Fsp3) is 0.333. The summed E-state index contributed by atoms with van der Waals surface area (Å²) in [5, 5.41) is 18.7. The van der Waals surface area contributed by atoms with E-state index in [1.165, 1.54) is 5.56 Å². The largest absolute Gasteiger partial charge is 0.352 e. The van der Waals surface area contributed by atoms with E-state index < -0.39 is 0 Å². The number of halogens is 1. The number of anilines is 1. The Morgan fingerprint density at radius 2 is 1.80 bits per heavy atom. The molecular formula is C27H29ClN6O. The summed E-state index contributed by atoms with van der Waals surface area (Å²) in [6.07, 6.45) is 1.77. The molecule has 0 bridgehead atoms. The molecule has 180 valence electrons. The van der Waals surface area contributed by atoms with Crippen molar-refractivity contribution in [1.82, 2.24) is 25.3 Å². The number of nitrogens with zero attached hydrogens (tertiary/aromatic N) is 5. The molecule has 1 N–H and O–H groups in total. The average molecular weight is 489 g/mol. The Kier molecular flexibility index (Phi) is 6.43. The first kappa shape index (κ1) is 23.3. The van der Waals surface area contributed by atoms with Crippen molar-refractivity contribution in [2.45, 2.75) is 40.2 Å². The Hall–Kier alpha value is -3.45. The van der Waals surface area contributed by atoms with Crippen molar-refractivity contribution < 1.29 is 4.79 Å². The molecule has 35 heavy (non-hydrogen) atoms. The zero-order valence-corrected chi connectivity index (χ0v) is 21.0. The summed E-state index contributed by atoms with van der Waals surface area (Å²) in [5.74, 6) is 0.707. The Morgan fingerprint density at radius 1 is 1.06 bits per heavy atom. The summed E-state index contributed by atoms with van der Waals surface area (Å²) in [4.78, 5) is 15.2. The minimum absolute atomic E-state index is 0.0782. The molecule has 1 unspecified atom stereocenters. The van der Waals surface area contributed by atoms with E-state index in [1.54, 1.807) is 0 Å². The third-order valence-electron chi connectivity index (χ3n) is 6.73. The van der Waals surface area contributed by atoms with Crippen LogP contribution in [0.5, 0.6) is 0 Å². The van der Waals surface area contributed by atoms with Crippen LogP contribution in [0.1, 0.15) is 35.4 Å². The van der Waals surface area contributed by atoms with Crippen LogP contribution in [0, 0.1) is 26.7 Å². The highest BCUT2D eigenvalue weighted by Gasteiger charge is 2.29. The van der Waals surface area contributed by atoms with Gasteiger partial charge in [0.15, 0.2) is 5.82 Å². The molecule has 0 radical (unpaired) electrons. The number of aryl methyl sites for hydroxylation is 3. The molecule has 1 saturated heterocycles. The molecule has 2 aromatic heterocycles. The van der Waals surface area contributed by atoms with Crippen molar-refractivity contribution in [3.05, 3.63) is 76.1 Å². The highest BCUT2D eigenvalue weighted by molar-refractivity contribution is 6.30. The zero-order chi connectivity index (χ0) is 24.5. The van der Waals surface area contributed by atoms with E-state index in [0.717, 1.165) is 58.7 Å². The van der Waals surface area contributed by atoms with Crippen LogP contribution < -0.4 is 10.2 Å². The monoisotopic (exact) mass is 488 g/mol. The molecule has 1 atom stereocenters. The normalized spacial score (nSPS) is 16.0. The van der Waals surface area contributed by atoms with Crippen LogP contribution in [0.3, 0.4) is 0 Å². The number of benzene rings is 2. The molecule has 7 nitrogen and oxygen atoms in total. The van der Waals surface area contributed by atoms with E-state index >= 15 is 0 Å². The van der Waals surface area contributed by atoms with Gasteiger partial charge in [-0.05, 0) is 63.4 Å². The van der Waals surface area contributed by atoms with Gasteiger partial charge in [0.25, 0.3) is 0 Å². The van der Waals surface area contributed by atoms with Gasteiger partial charge in [-0.15, -0.1) is 5.10 Å². The first-order valence-electron chi connectivity index (χ1n) is 12.0. The quantitative estimate of drug-likeness (QED) is 0.431. The first-order valence-corrected chi connectivity index (χ1v) is 12.4. The van der Waals surface area contributed by atoms with Gasteiger partial charge in [0, 0.05) is 24.7 Å². The maximum absolute atomic E-state index is 13.0. The maximum atomic E-state index is 13.0. The summed E-state index contributed by atoms with van der Waals surface area (Å²) >= 11 is 6.08. The Labute approximate surface area is 210 Å². The second-order valence-electron chi connectivity index (χ2n) is 9.29. The predicted molar refractivity (Wildman–Crippen MR) is 139 cm³/mol. The van der Waals surface area contributed by atoms with Crippen molar-refractivity contribution in [2.24, 2.45) is 5.92 Å². The van der Waals surface area contributed by atoms with Crippen LogP contribution in [-0.4, -0.2) is 39.0 Å². The summed E-state index contributed by atoms with van der Waals surface area (Å²) in [5.41, 5.74) is 5.89. The number of carbonyl (C=O) groups is 1. The number of aromatic nitrogens is 4. The maximum Gasteiger partial charge on any atom is 0.225 e. The van der Waals surface area contributed by atoms with E-state index in [1.807, 2.05) is 42.8 Å². The van der Waals surface area contributed by atoms with Crippen molar-refractivity contribution in [3.63, 3.8) is 0 Å². The van der Waals surface area contributed by atoms with Crippen molar-refractivity contribution in [2.75, 3.05) is 18.0 Å². The third kappa shape index (κ3) is 4.73. The number of carbonyl (C=O) groups excluding carboxylic acids is 1. The molecule has 1 aliphatic heterocycles. The number of amides is 1. The number of rotatable bonds is 5. The SMILES string of the molecule is Cc1ccc(CNC(=O)C2CCCN(c3nnc(C)c4c(C)n(-c5ccc(Cl)cc5)nc34)C2)cc1. The number of fused-ring (bicyclic) bond motifs is 1. The summed E-state index contributed by atoms with van der Waals surface area (Å²) < 4.78 is 1.91. The van der Waals surface area contributed by atoms with Gasteiger partial charge < -0.3 is 10.2 Å². The van der Waals surface area contributed by atoms with Gasteiger partial charge in [0.1, 0.15) is 5.52 Å². The van der Waals surface area contributed by atoms with E-state index in [-0.39, 0.29) is 11.8 Å². The Morgan fingerprint density at radius 3 is 2.54 bits per heavy atom. The fourth-order valence-electron chi connectivity index (χ4n) is 4.78. The molecule has 1 amide bonds. The van der Waals surface area contributed by atoms with Crippen LogP contribution in [0.15, 0.2) is 48.5 Å². The van der Waals surface area contributed by atoms with E-state index in [4.69, 9.17) is 16.7 Å². The van der Waals surface area contributed by atoms with Gasteiger partial charge in [-0.3, -0.25) is 4.79 Å². The van der Waals surface area contributed by atoms with Gasteiger partial charge in [0.05, 0.1) is 28.4 Å². The van der Waals surface area contributed by atoms with Crippen molar-refractivity contribution in [3.8, 4) is 5.69 Å². The average Bonchev–Trinajstić information content (AvgIpc) is 3.22. The highest BCUT2D eigenvalue weighted by atomic mass is 35.5. The van der Waals surface area contributed by atoms with Gasteiger partial charge in [-0.2, -0.15) is 10.2 Å². The molecule has 1 fully saturated rings. The second kappa shape index (κ2) is 9.66. The van der Waals surface area contributed by atoms with Crippen molar-refractivity contribution >= 4 is 34.2 Å². The van der Waals surface area contributed by atoms with Gasteiger partial charge in [0.2, 0.25) is 5.91 Å². The molecule has 5 rings (SSSR count). The molecule has 3 heterocycles. The third-order valence-corrected chi connectivity index (χ3v) is 6.99. The summed E-state index contributed by atoms with van der Waals surface area (Å²) in [7, 11) is 0. The standard InChI is InChI=1S/C27H29ClN6O/c1-17-6-8-20(9-7-17)15-29-27(35)21-5-4-14-33(16-21)26-25-24(18(2)30-31-26)19(3)34(32-25)23-12-10-22(28)11-13-23/h6-13,21H,4-5,14-16H2,1-3H3,(H,29,35). The van der Waals surface area contributed by atoms with Crippen LogP contribution in [0.4, 0.5) is 5.82 Å². The van der Waals surface area contributed by atoms with Gasteiger partial charge >= 0.3 is 0 Å². The number of hydrogen-bond acceptors (Lipinski definition) is 5. The molecule has 1 aliphatic rings. The molecule has 0 spiro atoms. The van der Waals surface area contributed by atoms with Crippen LogP contribution in [0.2, 0.25) is 5.02 Å². The number of piperidine rings is 1. The van der Waals surface area contributed by atoms with E-state index in [9.17, 15) is 4.79 Å². The lowest BCUT2D eigenvalue weighted by Crippen LogP contribution is -2.43. The van der Waals surface area contributed by atoms with E-state index in [0.29, 0.717) is 18.1 Å². The van der Waals surface area contributed by atoms with E-state index in [2.05, 4.69) is 51.6 Å². The smallest absolute Gasteiger partial charge is 0.225 e. The molecule has 0 aliphatic carbocycles. The Balaban J connectivity index is 1.39. The molecule has 0 saturated carbocycles. The number of hydrogen-bond donors (Lipinski definition) is 1. The minimum Gasteiger partial charge on any atom is -0.352 e. The predicted octanol–water partition coefficient (Wildman–Crippen LogP) is 4.93. The number of nitrogens with one attached hydrogen (secondary N) is 1. The zero-order valence-electron chi connectivity index (χ0n) is 20.3. The topological polar surface area (TPSA) is 75.9 Å². The van der Waals surface area contributed by atoms with Crippen LogP contribution >= 0.6 is 11.6 Å². The fourth-order valence-corrected chi connectivity index (χ4v) is 4.91. The lowest BCUT2D eigenvalue weighted by molar-refractivity contribution is -0.125.